The van der Waals surface area contributed by atoms with E-state index < -0.39 is 0 Å². The molecule has 2 rings (SSSR count). The van der Waals surface area contributed by atoms with Gasteiger partial charge in [0.15, 0.2) is 0 Å². The van der Waals surface area contributed by atoms with E-state index in [1.165, 1.54) is 19.8 Å². The van der Waals surface area contributed by atoms with Gasteiger partial charge in [0.2, 0.25) is 11.8 Å². The molecule has 22 heavy (non-hydrogen) atoms. The Labute approximate surface area is 131 Å². The van der Waals surface area contributed by atoms with E-state index in [4.69, 9.17) is 4.74 Å². The number of nitrogens with zero attached hydrogens (tertiary/aromatic N) is 1. The predicted octanol–water partition coefficient (Wildman–Crippen LogP) is 2.50. The molecule has 0 unspecified atom stereocenters. The number of nitrogens with one attached hydrogen (secondary N) is 1. The number of ether oxygens (including phenoxy) is 1. The Morgan fingerprint density at radius 3 is 2.41 bits per heavy atom. The second kappa shape index (κ2) is 7.82. The third kappa shape index (κ3) is 4.48. The van der Waals surface area contributed by atoms with Gasteiger partial charge < -0.3 is 15.0 Å². The van der Waals surface area contributed by atoms with Crippen LogP contribution < -0.4 is 15.0 Å². The zero-order valence-corrected chi connectivity index (χ0v) is 13.3. The highest BCUT2D eigenvalue weighted by molar-refractivity contribution is 5.92. The van der Waals surface area contributed by atoms with Crippen LogP contribution >= 0.6 is 0 Å². The van der Waals surface area contributed by atoms with E-state index in [-0.39, 0.29) is 11.8 Å². The lowest BCUT2D eigenvalue weighted by Gasteiger charge is -2.21. The lowest BCUT2D eigenvalue weighted by molar-refractivity contribution is -0.121. The van der Waals surface area contributed by atoms with Crippen molar-refractivity contribution >= 4 is 17.5 Å². The van der Waals surface area contributed by atoms with E-state index in [1.807, 2.05) is 24.3 Å². The number of amides is 2. The van der Waals surface area contributed by atoms with E-state index >= 15 is 0 Å². The first-order valence-electron chi connectivity index (χ1n) is 7.81. The smallest absolute Gasteiger partial charge is 0.223 e. The maximum atomic E-state index is 12.0. The number of carbonyl (C=O) groups excluding carboxylic acids is 2. The molecule has 1 N–H and O–H groups in total. The van der Waals surface area contributed by atoms with Gasteiger partial charge in [0.1, 0.15) is 5.75 Å². The molecule has 0 heterocycles. The van der Waals surface area contributed by atoms with Crippen molar-refractivity contribution in [3.8, 4) is 5.75 Å². The van der Waals surface area contributed by atoms with Gasteiger partial charge >= 0.3 is 0 Å². The summed E-state index contributed by atoms with van der Waals surface area (Å²) in [4.78, 5) is 25.4. The average Bonchev–Trinajstić information content (AvgIpc) is 3.00. The first-order chi connectivity index (χ1) is 10.6. The third-order valence-corrected chi connectivity index (χ3v) is 4.05. The van der Waals surface area contributed by atoms with Gasteiger partial charge in [0, 0.05) is 31.6 Å². The first-order valence-corrected chi connectivity index (χ1v) is 7.81. The Balaban J connectivity index is 1.90. The summed E-state index contributed by atoms with van der Waals surface area (Å²) in [6.07, 6.45) is 4.84. The second-order valence-electron chi connectivity index (χ2n) is 5.67. The van der Waals surface area contributed by atoms with Crippen LogP contribution in [0.4, 0.5) is 5.69 Å². The summed E-state index contributed by atoms with van der Waals surface area (Å²) in [5.41, 5.74) is 0.780. The molecule has 0 saturated heterocycles. The molecule has 0 atom stereocenters. The molecule has 0 aliphatic heterocycles. The summed E-state index contributed by atoms with van der Waals surface area (Å²) in [5.74, 6) is 0.691. The van der Waals surface area contributed by atoms with Crippen molar-refractivity contribution in [1.29, 1.82) is 0 Å². The van der Waals surface area contributed by atoms with Crippen LogP contribution in [0, 0.1) is 0 Å². The lowest BCUT2D eigenvalue weighted by atomic mass is 10.2. The zero-order valence-electron chi connectivity index (χ0n) is 13.3. The van der Waals surface area contributed by atoms with E-state index in [0.717, 1.165) is 24.3 Å². The van der Waals surface area contributed by atoms with Crippen LogP contribution in [0.25, 0.3) is 0 Å². The Hall–Kier alpha value is -2.04. The molecule has 0 bridgehead atoms. The van der Waals surface area contributed by atoms with E-state index in [1.54, 1.807) is 12.0 Å². The SMILES string of the molecule is COc1ccc(N(CCC(=O)NC2CCCC2)C(C)=O)cc1. The minimum absolute atomic E-state index is 0.0201. The molecule has 2 amide bonds. The summed E-state index contributed by atoms with van der Waals surface area (Å²) in [6, 6.07) is 7.59. The number of benzene rings is 1. The fourth-order valence-electron chi connectivity index (χ4n) is 2.81. The molecule has 0 aromatic heterocycles. The maximum absolute atomic E-state index is 12.0. The Kier molecular flexibility index (Phi) is 5.81. The number of rotatable bonds is 6. The van der Waals surface area contributed by atoms with Gasteiger partial charge in [-0.05, 0) is 37.1 Å². The minimum atomic E-state index is -0.0705. The molecular weight excluding hydrogens is 280 g/mol. The van der Waals surface area contributed by atoms with Gasteiger partial charge in [0.25, 0.3) is 0 Å². The molecule has 0 radical (unpaired) electrons. The molecule has 1 aliphatic rings. The molecule has 1 aromatic rings. The third-order valence-electron chi connectivity index (χ3n) is 4.05. The van der Waals surface area contributed by atoms with Crippen LogP contribution in [0.2, 0.25) is 0 Å². The maximum Gasteiger partial charge on any atom is 0.223 e. The quantitative estimate of drug-likeness (QED) is 0.878. The van der Waals surface area contributed by atoms with Gasteiger partial charge in [-0.2, -0.15) is 0 Å². The molecule has 1 aromatic carbocycles. The van der Waals surface area contributed by atoms with Crippen LogP contribution in [-0.4, -0.2) is 31.5 Å². The fourth-order valence-corrected chi connectivity index (χ4v) is 2.81. The van der Waals surface area contributed by atoms with Gasteiger partial charge in [0.05, 0.1) is 7.11 Å². The number of hydrogen-bond acceptors (Lipinski definition) is 3. The lowest BCUT2D eigenvalue weighted by Crippen LogP contribution is -2.37. The predicted molar refractivity (Wildman–Crippen MR) is 86.0 cm³/mol. The molecule has 120 valence electrons. The van der Waals surface area contributed by atoms with Crippen molar-refractivity contribution in [3.05, 3.63) is 24.3 Å². The molecule has 0 spiro atoms. The Morgan fingerprint density at radius 2 is 1.86 bits per heavy atom. The zero-order chi connectivity index (χ0) is 15.9. The summed E-state index contributed by atoms with van der Waals surface area (Å²) < 4.78 is 5.11. The van der Waals surface area contributed by atoms with Gasteiger partial charge in [-0.1, -0.05) is 12.8 Å². The summed E-state index contributed by atoms with van der Waals surface area (Å²) >= 11 is 0. The topological polar surface area (TPSA) is 58.6 Å². The summed E-state index contributed by atoms with van der Waals surface area (Å²) in [6.45, 7) is 1.90. The molecule has 1 saturated carbocycles. The van der Waals surface area contributed by atoms with E-state index in [9.17, 15) is 9.59 Å². The normalized spacial score (nSPS) is 14.6. The highest BCUT2D eigenvalue weighted by Crippen LogP contribution is 2.20. The number of methoxy groups -OCH3 is 1. The summed E-state index contributed by atoms with van der Waals surface area (Å²) in [7, 11) is 1.60. The largest absolute Gasteiger partial charge is 0.497 e. The van der Waals surface area contributed by atoms with Crippen molar-refractivity contribution in [2.24, 2.45) is 0 Å². The standard InChI is InChI=1S/C17H24N2O3/c1-13(20)19(15-7-9-16(22-2)10-8-15)12-11-17(21)18-14-5-3-4-6-14/h7-10,14H,3-6,11-12H2,1-2H3,(H,18,21). The van der Waals surface area contributed by atoms with Crippen LogP contribution in [0.15, 0.2) is 24.3 Å². The fraction of sp³-hybridized carbons (Fsp3) is 0.529. The molecule has 5 nitrogen and oxygen atoms in total. The van der Waals surface area contributed by atoms with Crippen LogP contribution in [0.1, 0.15) is 39.0 Å². The van der Waals surface area contributed by atoms with Crippen molar-refractivity contribution in [2.75, 3.05) is 18.6 Å². The van der Waals surface area contributed by atoms with Crippen molar-refractivity contribution < 1.29 is 14.3 Å². The van der Waals surface area contributed by atoms with Gasteiger partial charge in [-0.15, -0.1) is 0 Å². The van der Waals surface area contributed by atoms with E-state index in [0.29, 0.717) is 19.0 Å². The van der Waals surface area contributed by atoms with Crippen molar-refractivity contribution in [2.45, 2.75) is 45.1 Å². The molecule has 1 aliphatic carbocycles. The van der Waals surface area contributed by atoms with Crippen LogP contribution in [-0.2, 0) is 9.59 Å². The van der Waals surface area contributed by atoms with Gasteiger partial charge in [-0.25, -0.2) is 0 Å². The molecule has 5 heteroatoms. The van der Waals surface area contributed by atoms with Crippen molar-refractivity contribution in [3.63, 3.8) is 0 Å². The molecule has 1 fully saturated rings. The number of carbonyl (C=O) groups is 2. The second-order valence-corrected chi connectivity index (χ2v) is 5.67. The Morgan fingerprint density at radius 1 is 1.23 bits per heavy atom. The highest BCUT2D eigenvalue weighted by Gasteiger charge is 2.18. The first kappa shape index (κ1) is 16.3. The highest BCUT2D eigenvalue weighted by atomic mass is 16.5. The Bertz CT molecular complexity index is 507. The van der Waals surface area contributed by atoms with Crippen LogP contribution in [0.5, 0.6) is 5.75 Å². The number of anilines is 1. The van der Waals surface area contributed by atoms with Crippen molar-refractivity contribution in [1.82, 2.24) is 5.32 Å². The van der Waals surface area contributed by atoms with Gasteiger partial charge in [-0.3, -0.25) is 9.59 Å². The monoisotopic (exact) mass is 304 g/mol. The van der Waals surface area contributed by atoms with E-state index in [2.05, 4.69) is 5.32 Å². The van der Waals surface area contributed by atoms with Crippen LogP contribution in [0.3, 0.4) is 0 Å². The minimum Gasteiger partial charge on any atom is -0.497 e. The average molecular weight is 304 g/mol. The number of hydrogen-bond donors (Lipinski definition) is 1. The summed E-state index contributed by atoms with van der Waals surface area (Å²) in [5, 5.41) is 3.05. The molecular formula is C17H24N2O3.